The van der Waals surface area contributed by atoms with Gasteiger partial charge >= 0.3 is 0 Å². The maximum absolute atomic E-state index is 12.4. The van der Waals surface area contributed by atoms with Crippen LogP contribution < -0.4 is 0 Å². The number of carbonyl (C=O) groups excluding carboxylic acids is 1. The summed E-state index contributed by atoms with van der Waals surface area (Å²) in [5.74, 6) is 2.94. The van der Waals surface area contributed by atoms with Crippen molar-refractivity contribution in [1.82, 2.24) is 15.1 Å². The Bertz CT molecular complexity index is 473. The van der Waals surface area contributed by atoms with Gasteiger partial charge in [-0.05, 0) is 61.7 Å². The molecule has 1 N–H and O–H groups in total. The van der Waals surface area contributed by atoms with Gasteiger partial charge in [-0.15, -0.1) is 0 Å². The smallest absolute Gasteiger partial charge is 0.256 e. The maximum atomic E-state index is 12.4. The standard InChI is InChI=1S/C16H23N3O/c1-19(15(20)14-8-17-18-9-14)10-16-5-11-2-12(6-16)4-13(3-11)7-16/h8-9,11-13H,2-7,10H2,1H3,(H,17,18). The van der Waals surface area contributed by atoms with Crippen molar-refractivity contribution in [2.45, 2.75) is 38.5 Å². The van der Waals surface area contributed by atoms with Crippen molar-refractivity contribution in [3.8, 4) is 0 Å². The number of aromatic amines is 1. The van der Waals surface area contributed by atoms with Crippen molar-refractivity contribution in [3.63, 3.8) is 0 Å². The molecule has 0 atom stereocenters. The number of nitrogens with one attached hydrogen (secondary N) is 1. The number of H-pyrrole nitrogens is 1. The highest BCUT2D eigenvalue weighted by atomic mass is 16.2. The minimum Gasteiger partial charge on any atom is -0.341 e. The lowest BCUT2D eigenvalue weighted by atomic mass is 9.49. The largest absolute Gasteiger partial charge is 0.341 e. The lowest BCUT2D eigenvalue weighted by Gasteiger charge is -2.57. The molecule has 20 heavy (non-hydrogen) atoms. The minimum absolute atomic E-state index is 0.106. The molecule has 4 nitrogen and oxygen atoms in total. The van der Waals surface area contributed by atoms with E-state index in [1.54, 1.807) is 12.4 Å². The Morgan fingerprint density at radius 2 is 1.90 bits per heavy atom. The number of carbonyl (C=O) groups is 1. The SMILES string of the molecule is CN(CC12CC3CC(CC(C3)C1)C2)C(=O)c1cn[nH]c1. The topological polar surface area (TPSA) is 49.0 Å². The van der Waals surface area contributed by atoms with E-state index in [1.165, 1.54) is 38.5 Å². The molecule has 0 spiro atoms. The quantitative estimate of drug-likeness (QED) is 0.920. The van der Waals surface area contributed by atoms with Gasteiger partial charge in [-0.25, -0.2) is 0 Å². The summed E-state index contributed by atoms with van der Waals surface area (Å²) >= 11 is 0. The second-order valence-corrected chi connectivity index (χ2v) is 7.57. The third-order valence-corrected chi connectivity index (χ3v) is 5.83. The zero-order valence-corrected chi connectivity index (χ0v) is 12.1. The van der Waals surface area contributed by atoms with Crippen LogP contribution in [0.4, 0.5) is 0 Å². The minimum atomic E-state index is 0.106. The molecule has 1 amide bonds. The highest BCUT2D eigenvalue weighted by molar-refractivity contribution is 5.93. The summed E-state index contributed by atoms with van der Waals surface area (Å²) in [4.78, 5) is 14.3. The molecule has 4 aliphatic carbocycles. The summed E-state index contributed by atoms with van der Waals surface area (Å²) in [6.07, 6.45) is 11.7. The van der Waals surface area contributed by atoms with Crippen molar-refractivity contribution >= 4 is 5.91 Å². The first-order chi connectivity index (χ1) is 9.63. The van der Waals surface area contributed by atoms with Crippen LogP contribution in [0.15, 0.2) is 12.4 Å². The molecule has 4 fully saturated rings. The monoisotopic (exact) mass is 273 g/mol. The van der Waals surface area contributed by atoms with Crippen LogP contribution in [0.3, 0.4) is 0 Å². The average molecular weight is 273 g/mol. The molecular formula is C16H23N3O. The van der Waals surface area contributed by atoms with Crippen LogP contribution in [-0.4, -0.2) is 34.6 Å². The summed E-state index contributed by atoms with van der Waals surface area (Å²) in [7, 11) is 1.95. The van der Waals surface area contributed by atoms with Crippen LogP contribution in [0.5, 0.6) is 0 Å². The molecule has 0 radical (unpaired) electrons. The van der Waals surface area contributed by atoms with Crippen LogP contribution in [0.1, 0.15) is 48.9 Å². The number of amides is 1. The van der Waals surface area contributed by atoms with Crippen LogP contribution >= 0.6 is 0 Å². The Morgan fingerprint density at radius 1 is 1.30 bits per heavy atom. The fourth-order valence-corrected chi connectivity index (χ4v) is 5.65. The van der Waals surface area contributed by atoms with Crippen LogP contribution in [0, 0.1) is 23.2 Å². The Morgan fingerprint density at radius 3 is 2.40 bits per heavy atom. The van der Waals surface area contributed by atoms with Crippen molar-refractivity contribution in [1.29, 1.82) is 0 Å². The lowest BCUT2D eigenvalue weighted by Crippen LogP contribution is -2.51. The highest BCUT2D eigenvalue weighted by Crippen LogP contribution is 2.60. The zero-order chi connectivity index (χ0) is 13.7. The van der Waals surface area contributed by atoms with Gasteiger partial charge in [-0.1, -0.05) is 0 Å². The molecular weight excluding hydrogens is 250 g/mol. The van der Waals surface area contributed by atoms with Crippen molar-refractivity contribution < 1.29 is 4.79 Å². The predicted octanol–water partition coefficient (Wildman–Crippen LogP) is 2.70. The van der Waals surface area contributed by atoms with E-state index in [4.69, 9.17) is 0 Å². The van der Waals surface area contributed by atoms with E-state index < -0.39 is 0 Å². The van der Waals surface area contributed by atoms with E-state index in [0.29, 0.717) is 11.0 Å². The van der Waals surface area contributed by atoms with E-state index in [1.807, 2.05) is 11.9 Å². The summed E-state index contributed by atoms with van der Waals surface area (Å²) < 4.78 is 0. The van der Waals surface area contributed by atoms with Crippen LogP contribution in [-0.2, 0) is 0 Å². The Labute approximate surface area is 119 Å². The number of rotatable bonds is 3. The van der Waals surface area contributed by atoms with Crippen LogP contribution in [0.25, 0.3) is 0 Å². The Kier molecular flexibility index (Phi) is 2.69. The van der Waals surface area contributed by atoms with Gasteiger partial charge < -0.3 is 4.90 Å². The van der Waals surface area contributed by atoms with E-state index in [9.17, 15) is 4.79 Å². The Hall–Kier alpha value is -1.32. The van der Waals surface area contributed by atoms with Gasteiger partial charge in [-0.3, -0.25) is 9.89 Å². The second-order valence-electron chi connectivity index (χ2n) is 7.57. The average Bonchev–Trinajstić information content (AvgIpc) is 2.89. The lowest BCUT2D eigenvalue weighted by molar-refractivity contribution is -0.0629. The fourth-order valence-electron chi connectivity index (χ4n) is 5.65. The molecule has 5 rings (SSSR count). The van der Waals surface area contributed by atoms with E-state index in [0.717, 1.165) is 24.3 Å². The van der Waals surface area contributed by atoms with Crippen molar-refractivity contribution in [2.75, 3.05) is 13.6 Å². The number of nitrogens with zero attached hydrogens (tertiary/aromatic N) is 2. The van der Waals surface area contributed by atoms with Gasteiger partial charge in [0.05, 0.1) is 11.8 Å². The number of hydrogen-bond acceptors (Lipinski definition) is 2. The van der Waals surface area contributed by atoms with Gasteiger partial charge in [0, 0.05) is 19.8 Å². The second kappa shape index (κ2) is 4.34. The van der Waals surface area contributed by atoms with Crippen molar-refractivity contribution in [2.24, 2.45) is 23.2 Å². The molecule has 0 unspecified atom stereocenters. The third-order valence-electron chi connectivity index (χ3n) is 5.83. The van der Waals surface area contributed by atoms with Crippen LogP contribution in [0.2, 0.25) is 0 Å². The normalized spacial score (nSPS) is 38.1. The van der Waals surface area contributed by atoms with E-state index >= 15 is 0 Å². The highest BCUT2D eigenvalue weighted by Gasteiger charge is 2.51. The fraction of sp³-hybridized carbons (Fsp3) is 0.750. The van der Waals surface area contributed by atoms with Gasteiger partial charge in [0.15, 0.2) is 0 Å². The summed E-state index contributed by atoms with van der Waals surface area (Å²) in [5.41, 5.74) is 1.10. The Balaban J connectivity index is 1.50. The molecule has 1 heterocycles. The zero-order valence-electron chi connectivity index (χ0n) is 12.1. The van der Waals surface area contributed by atoms with E-state index in [2.05, 4.69) is 10.2 Å². The molecule has 1 aromatic rings. The van der Waals surface area contributed by atoms with E-state index in [-0.39, 0.29) is 5.91 Å². The first-order valence-electron chi connectivity index (χ1n) is 7.88. The van der Waals surface area contributed by atoms with Crippen molar-refractivity contribution in [3.05, 3.63) is 18.0 Å². The number of hydrogen-bond donors (Lipinski definition) is 1. The molecule has 4 heteroatoms. The predicted molar refractivity (Wildman–Crippen MR) is 76.2 cm³/mol. The maximum Gasteiger partial charge on any atom is 0.256 e. The summed E-state index contributed by atoms with van der Waals surface area (Å²) in [6, 6.07) is 0. The molecule has 0 aliphatic heterocycles. The van der Waals surface area contributed by atoms with Gasteiger partial charge in [0.1, 0.15) is 0 Å². The molecule has 0 aromatic carbocycles. The van der Waals surface area contributed by atoms with Gasteiger partial charge in [0.25, 0.3) is 5.91 Å². The third kappa shape index (κ3) is 1.97. The molecule has 108 valence electrons. The van der Waals surface area contributed by atoms with Gasteiger partial charge in [0.2, 0.25) is 0 Å². The first-order valence-corrected chi connectivity index (χ1v) is 7.88. The molecule has 4 saturated carbocycles. The summed E-state index contributed by atoms with van der Waals surface area (Å²) in [5, 5.41) is 6.61. The van der Waals surface area contributed by atoms with Gasteiger partial charge in [-0.2, -0.15) is 5.10 Å². The summed E-state index contributed by atoms with van der Waals surface area (Å²) in [6.45, 7) is 0.931. The molecule has 4 bridgehead atoms. The molecule has 0 saturated heterocycles. The first kappa shape index (κ1) is 12.4. The number of aromatic nitrogens is 2. The molecule has 1 aromatic heterocycles. The molecule has 4 aliphatic rings.